The lowest BCUT2D eigenvalue weighted by Crippen LogP contribution is -2.03. The SMILES string of the molecule is Cc1ccc(F)c(NCc2cc(C#N)n(C)c2C)c1. The van der Waals surface area contributed by atoms with Crippen LogP contribution in [0, 0.1) is 31.0 Å². The molecule has 1 aromatic heterocycles. The van der Waals surface area contributed by atoms with Crippen LogP contribution in [0.5, 0.6) is 0 Å². The van der Waals surface area contributed by atoms with Gasteiger partial charge in [0.15, 0.2) is 0 Å². The highest BCUT2D eigenvalue weighted by Gasteiger charge is 2.09. The molecular weight excluding hydrogens is 241 g/mol. The average molecular weight is 257 g/mol. The molecule has 0 spiro atoms. The van der Waals surface area contributed by atoms with E-state index in [1.165, 1.54) is 6.07 Å². The maximum Gasteiger partial charge on any atom is 0.146 e. The van der Waals surface area contributed by atoms with Crippen LogP contribution in [0.3, 0.4) is 0 Å². The maximum atomic E-state index is 13.6. The Morgan fingerprint density at radius 3 is 2.68 bits per heavy atom. The van der Waals surface area contributed by atoms with Gasteiger partial charge in [0.05, 0.1) is 5.69 Å². The summed E-state index contributed by atoms with van der Waals surface area (Å²) in [6, 6.07) is 8.94. The van der Waals surface area contributed by atoms with E-state index in [0.29, 0.717) is 17.9 Å². The molecule has 0 aliphatic heterocycles. The summed E-state index contributed by atoms with van der Waals surface area (Å²) in [5.74, 6) is -0.264. The zero-order chi connectivity index (χ0) is 14.0. The summed E-state index contributed by atoms with van der Waals surface area (Å²) in [7, 11) is 1.85. The largest absolute Gasteiger partial charge is 0.379 e. The molecule has 0 radical (unpaired) electrons. The number of nitrogens with one attached hydrogen (secondary N) is 1. The van der Waals surface area contributed by atoms with Crippen LogP contribution in [0.2, 0.25) is 0 Å². The van der Waals surface area contributed by atoms with Crippen molar-refractivity contribution in [2.75, 3.05) is 5.32 Å². The van der Waals surface area contributed by atoms with Crippen molar-refractivity contribution in [2.45, 2.75) is 20.4 Å². The molecule has 0 aliphatic rings. The standard InChI is InChI=1S/C15H16FN3/c1-10-4-5-14(16)15(6-10)18-9-12-7-13(8-17)19(3)11(12)2/h4-7,18H,9H2,1-3H3. The van der Waals surface area contributed by atoms with E-state index >= 15 is 0 Å². The van der Waals surface area contributed by atoms with Gasteiger partial charge in [-0.15, -0.1) is 0 Å². The zero-order valence-electron chi connectivity index (χ0n) is 11.3. The van der Waals surface area contributed by atoms with Crippen LogP contribution < -0.4 is 5.32 Å². The molecule has 4 heteroatoms. The van der Waals surface area contributed by atoms with E-state index in [4.69, 9.17) is 5.26 Å². The molecular formula is C15H16FN3. The van der Waals surface area contributed by atoms with Crippen LogP contribution >= 0.6 is 0 Å². The quantitative estimate of drug-likeness (QED) is 0.916. The first-order valence-corrected chi connectivity index (χ1v) is 6.08. The fourth-order valence-corrected chi connectivity index (χ4v) is 2.01. The molecule has 1 heterocycles. The minimum absolute atomic E-state index is 0.264. The first kappa shape index (κ1) is 13.2. The summed E-state index contributed by atoms with van der Waals surface area (Å²) >= 11 is 0. The normalized spacial score (nSPS) is 10.3. The third-order valence-electron chi connectivity index (χ3n) is 3.35. The molecule has 2 aromatic rings. The van der Waals surface area contributed by atoms with Crippen molar-refractivity contribution in [1.29, 1.82) is 5.26 Å². The Morgan fingerprint density at radius 1 is 1.32 bits per heavy atom. The van der Waals surface area contributed by atoms with E-state index in [0.717, 1.165) is 16.8 Å². The third kappa shape index (κ3) is 2.60. The van der Waals surface area contributed by atoms with E-state index in [-0.39, 0.29) is 5.82 Å². The Bertz CT molecular complexity index is 650. The van der Waals surface area contributed by atoms with Gasteiger partial charge in [-0.2, -0.15) is 5.26 Å². The molecule has 0 bridgehead atoms. The minimum atomic E-state index is -0.264. The molecule has 3 nitrogen and oxygen atoms in total. The second-order valence-corrected chi connectivity index (χ2v) is 4.65. The lowest BCUT2D eigenvalue weighted by Gasteiger charge is -2.08. The third-order valence-corrected chi connectivity index (χ3v) is 3.35. The number of rotatable bonds is 3. The Morgan fingerprint density at radius 2 is 2.05 bits per heavy atom. The monoisotopic (exact) mass is 257 g/mol. The van der Waals surface area contributed by atoms with Crippen molar-refractivity contribution >= 4 is 5.69 Å². The summed E-state index contributed by atoms with van der Waals surface area (Å²) in [6.07, 6.45) is 0. The molecule has 0 atom stereocenters. The van der Waals surface area contributed by atoms with Crippen LogP contribution in [0.4, 0.5) is 10.1 Å². The van der Waals surface area contributed by atoms with Crippen molar-refractivity contribution in [3.05, 3.63) is 52.6 Å². The molecule has 0 unspecified atom stereocenters. The van der Waals surface area contributed by atoms with Gasteiger partial charge < -0.3 is 9.88 Å². The van der Waals surface area contributed by atoms with E-state index in [1.807, 2.05) is 31.5 Å². The van der Waals surface area contributed by atoms with Gasteiger partial charge in [0.2, 0.25) is 0 Å². The van der Waals surface area contributed by atoms with Gasteiger partial charge in [-0.25, -0.2) is 4.39 Å². The molecule has 1 N–H and O–H groups in total. The smallest absolute Gasteiger partial charge is 0.146 e. The van der Waals surface area contributed by atoms with Crippen LogP contribution in [0.25, 0.3) is 0 Å². The fraction of sp³-hybridized carbons (Fsp3) is 0.267. The number of benzene rings is 1. The molecule has 98 valence electrons. The van der Waals surface area contributed by atoms with Crippen molar-refractivity contribution in [2.24, 2.45) is 7.05 Å². The minimum Gasteiger partial charge on any atom is -0.379 e. The summed E-state index contributed by atoms with van der Waals surface area (Å²) in [5.41, 5.74) is 4.12. The Labute approximate surface area is 112 Å². The van der Waals surface area contributed by atoms with Crippen LogP contribution in [0.1, 0.15) is 22.5 Å². The lowest BCUT2D eigenvalue weighted by atomic mass is 10.2. The molecule has 0 fully saturated rings. The highest BCUT2D eigenvalue weighted by atomic mass is 19.1. The van der Waals surface area contributed by atoms with E-state index in [9.17, 15) is 4.39 Å². The van der Waals surface area contributed by atoms with Crippen molar-refractivity contribution in [3.63, 3.8) is 0 Å². The number of aryl methyl sites for hydroxylation is 1. The number of nitriles is 1. The Kier molecular flexibility index (Phi) is 3.57. The van der Waals surface area contributed by atoms with Crippen molar-refractivity contribution < 1.29 is 4.39 Å². The molecule has 2 rings (SSSR count). The van der Waals surface area contributed by atoms with Crippen LogP contribution in [0.15, 0.2) is 24.3 Å². The first-order chi connectivity index (χ1) is 9.02. The van der Waals surface area contributed by atoms with Crippen LogP contribution in [-0.4, -0.2) is 4.57 Å². The van der Waals surface area contributed by atoms with Gasteiger partial charge in [0, 0.05) is 19.3 Å². The number of halogens is 1. The van der Waals surface area contributed by atoms with E-state index < -0.39 is 0 Å². The van der Waals surface area contributed by atoms with Gasteiger partial charge in [-0.3, -0.25) is 0 Å². The maximum absolute atomic E-state index is 13.6. The first-order valence-electron chi connectivity index (χ1n) is 6.08. The number of anilines is 1. The van der Waals surface area contributed by atoms with E-state index in [1.54, 1.807) is 12.1 Å². The van der Waals surface area contributed by atoms with Gasteiger partial charge in [0.1, 0.15) is 17.6 Å². The van der Waals surface area contributed by atoms with Gasteiger partial charge in [-0.1, -0.05) is 6.07 Å². The van der Waals surface area contributed by atoms with E-state index in [2.05, 4.69) is 11.4 Å². The molecule has 0 aliphatic carbocycles. The zero-order valence-corrected chi connectivity index (χ0v) is 11.3. The predicted octanol–water partition coefficient (Wildman–Crippen LogP) is 3.26. The summed E-state index contributed by atoms with van der Waals surface area (Å²) < 4.78 is 15.4. The molecule has 1 aromatic carbocycles. The number of hydrogen-bond donors (Lipinski definition) is 1. The topological polar surface area (TPSA) is 40.8 Å². The lowest BCUT2D eigenvalue weighted by molar-refractivity contribution is 0.629. The molecule has 0 saturated carbocycles. The second kappa shape index (κ2) is 5.15. The summed E-state index contributed by atoms with van der Waals surface area (Å²) in [4.78, 5) is 0. The summed E-state index contributed by atoms with van der Waals surface area (Å²) in [5, 5.41) is 12.0. The predicted molar refractivity (Wildman–Crippen MR) is 73.3 cm³/mol. The highest BCUT2D eigenvalue weighted by molar-refractivity contribution is 5.48. The molecule has 0 saturated heterocycles. The average Bonchev–Trinajstić information content (AvgIpc) is 2.67. The molecule has 19 heavy (non-hydrogen) atoms. The summed E-state index contributed by atoms with van der Waals surface area (Å²) in [6.45, 7) is 4.37. The van der Waals surface area contributed by atoms with Gasteiger partial charge >= 0.3 is 0 Å². The Hall–Kier alpha value is -2.28. The molecule has 0 amide bonds. The fourth-order valence-electron chi connectivity index (χ4n) is 2.01. The number of aromatic nitrogens is 1. The second-order valence-electron chi connectivity index (χ2n) is 4.65. The highest BCUT2D eigenvalue weighted by Crippen LogP contribution is 2.19. The number of hydrogen-bond acceptors (Lipinski definition) is 2. The Balaban J connectivity index is 2.19. The van der Waals surface area contributed by atoms with Gasteiger partial charge in [-0.05, 0) is 43.2 Å². The van der Waals surface area contributed by atoms with Crippen molar-refractivity contribution in [1.82, 2.24) is 4.57 Å². The van der Waals surface area contributed by atoms with Crippen LogP contribution in [-0.2, 0) is 13.6 Å². The number of nitrogens with zero attached hydrogens (tertiary/aromatic N) is 2. The van der Waals surface area contributed by atoms with Crippen molar-refractivity contribution in [3.8, 4) is 6.07 Å². The van der Waals surface area contributed by atoms with Gasteiger partial charge in [0.25, 0.3) is 0 Å².